The Kier molecular flexibility index (Phi) is 38.4. The van der Waals surface area contributed by atoms with Crippen LogP contribution in [0.25, 0.3) is 0 Å². The number of esters is 2. The lowest BCUT2D eigenvalue weighted by atomic mass is 10.2. The van der Waals surface area contributed by atoms with Crippen molar-refractivity contribution in [3.05, 3.63) is 97.2 Å². The molecule has 1 unspecified atom stereocenters. The monoisotopic (exact) mass is 787 g/mol. The molecule has 8 nitrogen and oxygen atoms in total. The maximum atomic E-state index is 12.6. The number of carbonyl (C=O) groups is 2. The molecule has 0 radical (unpaired) electrons. The zero-order chi connectivity index (χ0) is 40.3. The fraction of sp³-hybridized carbons (Fsp3) is 0.609. The number of hydrogen-bond donors (Lipinski definition) is 1. The summed E-state index contributed by atoms with van der Waals surface area (Å²) in [5, 5.41) is 0. The van der Waals surface area contributed by atoms with Crippen LogP contribution in [0.4, 0.5) is 0 Å². The third kappa shape index (κ3) is 40.5. The maximum Gasteiger partial charge on any atom is 0.472 e. The summed E-state index contributed by atoms with van der Waals surface area (Å²) in [6, 6.07) is 0. The molecular weight excluding hydrogens is 711 g/mol. The summed E-state index contributed by atoms with van der Waals surface area (Å²) in [6.07, 6.45) is 52.4. The molecule has 0 heterocycles. The van der Waals surface area contributed by atoms with Gasteiger partial charge >= 0.3 is 19.8 Å². The van der Waals surface area contributed by atoms with E-state index in [4.69, 9.17) is 18.5 Å². The molecule has 9 heteroatoms. The Morgan fingerprint density at radius 2 is 0.873 bits per heavy atom. The van der Waals surface area contributed by atoms with Crippen molar-refractivity contribution in [3.63, 3.8) is 0 Å². The van der Waals surface area contributed by atoms with Crippen LogP contribution in [0.2, 0.25) is 0 Å². The van der Waals surface area contributed by atoms with E-state index in [1.165, 1.54) is 51.4 Å². The summed E-state index contributed by atoms with van der Waals surface area (Å²) in [5.74, 6) is -0.935. The Morgan fingerprint density at radius 1 is 0.491 bits per heavy atom. The van der Waals surface area contributed by atoms with E-state index in [0.29, 0.717) is 25.7 Å². The van der Waals surface area contributed by atoms with Crippen molar-refractivity contribution in [2.75, 3.05) is 19.8 Å². The van der Waals surface area contributed by atoms with Gasteiger partial charge in [-0.15, -0.1) is 0 Å². The minimum absolute atomic E-state index is 0.0458. The number of phosphoric ester groups is 1. The van der Waals surface area contributed by atoms with E-state index in [1.54, 1.807) is 6.92 Å². The van der Waals surface area contributed by atoms with Crippen LogP contribution in [0.1, 0.15) is 156 Å². The van der Waals surface area contributed by atoms with Crippen LogP contribution < -0.4 is 0 Å². The number of phosphoric acid groups is 1. The van der Waals surface area contributed by atoms with Crippen molar-refractivity contribution in [3.8, 4) is 0 Å². The third-order valence-corrected chi connectivity index (χ3v) is 9.01. The molecule has 0 saturated carbocycles. The normalized spacial score (nSPS) is 14.3. The molecule has 1 N–H and O–H groups in total. The first-order chi connectivity index (χ1) is 26.8. The summed E-state index contributed by atoms with van der Waals surface area (Å²) in [5.41, 5.74) is 0. The lowest BCUT2D eigenvalue weighted by Gasteiger charge is -2.19. The van der Waals surface area contributed by atoms with Gasteiger partial charge in [-0.2, -0.15) is 0 Å². The highest BCUT2D eigenvalue weighted by Crippen LogP contribution is 2.43. The Balaban J connectivity index is 4.40. The molecule has 0 bridgehead atoms. The van der Waals surface area contributed by atoms with Gasteiger partial charge in [0, 0.05) is 12.8 Å². The Bertz CT molecular complexity index is 1210. The van der Waals surface area contributed by atoms with Gasteiger partial charge in [-0.25, -0.2) is 4.57 Å². The number of allylic oxidation sites excluding steroid dienone is 16. The second-order valence-corrected chi connectivity index (χ2v) is 14.8. The van der Waals surface area contributed by atoms with Gasteiger partial charge in [0.25, 0.3) is 0 Å². The average molecular weight is 787 g/mol. The van der Waals surface area contributed by atoms with Gasteiger partial charge in [0.05, 0.1) is 13.2 Å². The van der Waals surface area contributed by atoms with Gasteiger partial charge in [-0.05, 0) is 96.3 Å². The average Bonchev–Trinajstić information content (AvgIpc) is 3.17. The molecule has 0 aliphatic carbocycles. The van der Waals surface area contributed by atoms with Crippen LogP contribution in [0, 0.1) is 0 Å². The molecule has 0 aliphatic heterocycles. The van der Waals surface area contributed by atoms with Gasteiger partial charge in [-0.1, -0.05) is 144 Å². The van der Waals surface area contributed by atoms with Crippen molar-refractivity contribution in [1.29, 1.82) is 0 Å². The first-order valence-corrected chi connectivity index (χ1v) is 22.5. The lowest BCUT2D eigenvalue weighted by Crippen LogP contribution is -2.29. The molecule has 55 heavy (non-hydrogen) atoms. The van der Waals surface area contributed by atoms with Crippen molar-refractivity contribution in [2.45, 2.75) is 162 Å². The maximum absolute atomic E-state index is 12.6. The molecule has 2 atom stereocenters. The van der Waals surface area contributed by atoms with Gasteiger partial charge in [-0.3, -0.25) is 18.6 Å². The van der Waals surface area contributed by atoms with Crippen LogP contribution in [-0.2, 0) is 32.7 Å². The molecule has 0 saturated heterocycles. The van der Waals surface area contributed by atoms with Gasteiger partial charge in [0.1, 0.15) is 6.61 Å². The summed E-state index contributed by atoms with van der Waals surface area (Å²) >= 11 is 0. The highest BCUT2D eigenvalue weighted by Gasteiger charge is 2.25. The zero-order valence-electron chi connectivity index (χ0n) is 34.5. The summed E-state index contributed by atoms with van der Waals surface area (Å²) in [7, 11) is -4.33. The molecule has 0 fully saturated rings. The van der Waals surface area contributed by atoms with Crippen LogP contribution in [0.3, 0.4) is 0 Å². The highest BCUT2D eigenvalue weighted by atomic mass is 31.2. The van der Waals surface area contributed by atoms with Crippen LogP contribution >= 0.6 is 7.82 Å². The number of rotatable bonds is 37. The summed E-state index contributed by atoms with van der Waals surface area (Å²) < 4.78 is 32.9. The van der Waals surface area contributed by atoms with Crippen molar-refractivity contribution >= 4 is 19.8 Å². The summed E-state index contributed by atoms with van der Waals surface area (Å²) in [4.78, 5) is 34.9. The second kappa shape index (κ2) is 40.6. The molecule has 0 aliphatic rings. The Labute approximate surface area is 335 Å². The fourth-order valence-electron chi connectivity index (χ4n) is 4.89. The topological polar surface area (TPSA) is 108 Å². The van der Waals surface area contributed by atoms with E-state index in [-0.39, 0.29) is 26.1 Å². The molecule has 0 amide bonds. The lowest BCUT2D eigenvalue weighted by molar-refractivity contribution is -0.161. The fourth-order valence-corrected chi connectivity index (χ4v) is 5.73. The van der Waals surface area contributed by atoms with Gasteiger partial charge in [0.2, 0.25) is 0 Å². The molecule has 312 valence electrons. The zero-order valence-corrected chi connectivity index (χ0v) is 35.4. The number of ether oxygens (including phenoxy) is 2. The first kappa shape index (κ1) is 52.0. The van der Waals surface area contributed by atoms with Crippen molar-refractivity contribution < 1.29 is 37.6 Å². The SMILES string of the molecule is CCCCC/C=C\C/C=C\C/C=C\C/C=C\CCCC(=O)OC[C@H](COP(=O)(O)OCCC)OC(=O)CCC/C=C\C/C=C\C/C=C\C/C=C\CCCCC. The predicted molar refractivity (Wildman–Crippen MR) is 230 cm³/mol. The molecule has 0 rings (SSSR count). The largest absolute Gasteiger partial charge is 0.472 e. The third-order valence-electron chi connectivity index (χ3n) is 8.03. The molecule has 0 aromatic carbocycles. The van der Waals surface area contributed by atoms with Crippen LogP contribution in [0.5, 0.6) is 0 Å². The van der Waals surface area contributed by atoms with E-state index in [9.17, 15) is 19.0 Å². The van der Waals surface area contributed by atoms with E-state index < -0.39 is 32.5 Å². The highest BCUT2D eigenvalue weighted by molar-refractivity contribution is 7.47. The van der Waals surface area contributed by atoms with Crippen molar-refractivity contribution in [1.82, 2.24) is 0 Å². The molecule has 0 aromatic rings. The van der Waals surface area contributed by atoms with Gasteiger partial charge < -0.3 is 14.4 Å². The second-order valence-electron chi connectivity index (χ2n) is 13.4. The van der Waals surface area contributed by atoms with Crippen LogP contribution in [-0.4, -0.2) is 42.8 Å². The quantitative estimate of drug-likeness (QED) is 0.0287. The van der Waals surface area contributed by atoms with E-state index in [1.807, 2.05) is 12.2 Å². The smallest absolute Gasteiger partial charge is 0.462 e. The minimum Gasteiger partial charge on any atom is -0.462 e. The molecule has 0 spiro atoms. The number of carbonyl (C=O) groups excluding carboxylic acids is 2. The van der Waals surface area contributed by atoms with E-state index >= 15 is 0 Å². The molecule has 0 aromatic heterocycles. The standard InChI is InChI=1S/C46H75O8P/c1-4-7-9-11-13-15-17-19-21-23-25-27-29-31-33-35-37-39-45(47)51-42-44(43-53-55(49,50)52-41-6-3)54-46(48)40-38-36-34-32-30-28-26-24-22-20-18-16-14-12-10-8-5-2/h13-16,19-22,25-28,31-34,44H,4-12,17-18,23-24,29-30,35-43H2,1-3H3,(H,49,50)/b15-13-,16-14-,21-19-,22-20-,27-25-,28-26-,33-31-,34-32-/t44-/m1/s1. The number of unbranched alkanes of at least 4 members (excludes halogenated alkanes) is 8. The first-order valence-electron chi connectivity index (χ1n) is 21.0. The minimum atomic E-state index is -4.33. The van der Waals surface area contributed by atoms with Crippen molar-refractivity contribution in [2.24, 2.45) is 0 Å². The number of hydrogen-bond acceptors (Lipinski definition) is 7. The predicted octanol–water partition coefficient (Wildman–Crippen LogP) is 13.3. The Hall–Kier alpha value is -3.03. The summed E-state index contributed by atoms with van der Waals surface area (Å²) in [6.45, 7) is 5.57. The van der Waals surface area contributed by atoms with E-state index in [0.717, 1.165) is 44.9 Å². The van der Waals surface area contributed by atoms with E-state index in [2.05, 4.69) is 98.9 Å². The Morgan fingerprint density at radius 3 is 1.27 bits per heavy atom. The van der Waals surface area contributed by atoms with Gasteiger partial charge in [0.15, 0.2) is 6.10 Å². The van der Waals surface area contributed by atoms with Crippen LogP contribution in [0.15, 0.2) is 97.2 Å². The molecular formula is C46H75O8P.